The lowest BCUT2D eigenvalue weighted by atomic mass is 10.1. The van der Waals surface area contributed by atoms with Gasteiger partial charge in [-0.05, 0) is 18.4 Å². The zero-order chi connectivity index (χ0) is 14.7. The van der Waals surface area contributed by atoms with Crippen molar-refractivity contribution in [2.45, 2.75) is 5.16 Å². The highest BCUT2D eigenvalue weighted by atomic mass is 32.2. The van der Waals surface area contributed by atoms with Crippen LogP contribution in [-0.4, -0.2) is 21.2 Å². The molecular formula is C14H14N6S. The van der Waals surface area contributed by atoms with Crippen molar-refractivity contribution in [2.24, 2.45) is 5.84 Å². The summed E-state index contributed by atoms with van der Waals surface area (Å²) in [5.41, 5.74) is 3.51. The molecule has 0 saturated heterocycles. The smallest absolute Gasteiger partial charge is 0.191 e. The first-order valence-electron chi connectivity index (χ1n) is 6.29. The van der Waals surface area contributed by atoms with E-state index < -0.39 is 0 Å². The predicted molar refractivity (Wildman–Crippen MR) is 86.6 cm³/mol. The maximum absolute atomic E-state index is 5.44. The summed E-state index contributed by atoms with van der Waals surface area (Å²) in [5, 5.41) is 6.11. The van der Waals surface area contributed by atoms with Gasteiger partial charge in [0, 0.05) is 34.9 Å². The van der Waals surface area contributed by atoms with Crippen molar-refractivity contribution in [1.82, 2.24) is 15.0 Å². The Morgan fingerprint density at radius 2 is 2.00 bits per heavy atom. The lowest BCUT2D eigenvalue weighted by Crippen LogP contribution is -2.10. The monoisotopic (exact) mass is 298 g/mol. The summed E-state index contributed by atoms with van der Waals surface area (Å²) < 4.78 is 0. The Kier molecular flexibility index (Phi) is 3.85. The molecular weight excluding hydrogens is 284 g/mol. The van der Waals surface area contributed by atoms with Crippen LogP contribution in [0.25, 0.3) is 10.8 Å². The summed E-state index contributed by atoms with van der Waals surface area (Å²) in [7, 11) is 0. The summed E-state index contributed by atoms with van der Waals surface area (Å²) in [6.07, 6.45) is 5.53. The Labute approximate surface area is 126 Å². The zero-order valence-corrected chi connectivity index (χ0v) is 12.2. The van der Waals surface area contributed by atoms with Gasteiger partial charge in [0.05, 0.1) is 0 Å². The van der Waals surface area contributed by atoms with Gasteiger partial charge in [-0.15, -0.1) is 0 Å². The number of nitrogens with zero attached hydrogens (tertiary/aromatic N) is 3. The van der Waals surface area contributed by atoms with Crippen LogP contribution in [0.15, 0.2) is 47.9 Å². The number of nitrogens with two attached hydrogens (primary N) is 1. The first-order valence-corrected chi connectivity index (χ1v) is 7.52. The Hall–Kier alpha value is -2.38. The van der Waals surface area contributed by atoms with Gasteiger partial charge < -0.3 is 10.7 Å². The molecule has 0 saturated carbocycles. The molecule has 2 aromatic heterocycles. The van der Waals surface area contributed by atoms with Gasteiger partial charge in [0.2, 0.25) is 0 Å². The minimum atomic E-state index is 0.568. The number of benzene rings is 1. The van der Waals surface area contributed by atoms with Crippen molar-refractivity contribution >= 4 is 39.9 Å². The third kappa shape index (κ3) is 2.88. The second-order valence-corrected chi connectivity index (χ2v) is 5.07. The fraction of sp³-hybridized carbons (Fsp3) is 0.0714. The molecule has 0 aliphatic heterocycles. The molecule has 0 amide bonds. The zero-order valence-electron chi connectivity index (χ0n) is 11.4. The molecule has 7 heteroatoms. The van der Waals surface area contributed by atoms with Gasteiger partial charge in [0.1, 0.15) is 11.6 Å². The number of hydrogen-bond donors (Lipinski definition) is 3. The number of anilines is 3. The van der Waals surface area contributed by atoms with E-state index in [4.69, 9.17) is 5.84 Å². The van der Waals surface area contributed by atoms with E-state index >= 15 is 0 Å². The lowest BCUT2D eigenvalue weighted by Gasteiger charge is -2.11. The second kappa shape index (κ2) is 5.94. The van der Waals surface area contributed by atoms with Crippen molar-refractivity contribution < 1.29 is 0 Å². The first kappa shape index (κ1) is 13.6. The lowest BCUT2D eigenvalue weighted by molar-refractivity contribution is 0.971. The van der Waals surface area contributed by atoms with Crippen LogP contribution < -0.4 is 16.6 Å². The minimum Gasteiger partial charge on any atom is -0.340 e. The number of nitrogens with one attached hydrogen (secondary N) is 2. The number of pyridine rings is 1. The molecule has 0 aliphatic rings. The van der Waals surface area contributed by atoms with Crippen molar-refractivity contribution in [3.8, 4) is 0 Å². The fourth-order valence-corrected chi connectivity index (χ4v) is 2.40. The van der Waals surface area contributed by atoms with E-state index in [2.05, 4.69) is 25.7 Å². The van der Waals surface area contributed by atoms with Crippen LogP contribution in [0.2, 0.25) is 0 Å². The third-order valence-electron chi connectivity index (χ3n) is 2.98. The number of hydrogen-bond acceptors (Lipinski definition) is 7. The molecule has 0 fully saturated rings. The molecule has 0 bridgehead atoms. The standard InChI is InChI=1S/C14H14N6S/c1-21-14-18-12(7-13(19-14)20-15)17-11-4-2-3-9-8-16-6-5-10(9)11/h2-8H,15H2,1H3,(H2,17,18,19,20). The topological polar surface area (TPSA) is 88.8 Å². The van der Waals surface area contributed by atoms with Gasteiger partial charge in [0.15, 0.2) is 5.16 Å². The molecule has 1 aromatic carbocycles. The number of hydrazine groups is 1. The summed E-state index contributed by atoms with van der Waals surface area (Å²) in [5.74, 6) is 6.70. The van der Waals surface area contributed by atoms with E-state index in [1.54, 1.807) is 12.3 Å². The average molecular weight is 298 g/mol. The van der Waals surface area contributed by atoms with Crippen LogP contribution in [0.3, 0.4) is 0 Å². The summed E-state index contributed by atoms with van der Waals surface area (Å²) >= 11 is 1.46. The molecule has 21 heavy (non-hydrogen) atoms. The van der Waals surface area contributed by atoms with Gasteiger partial charge in [-0.1, -0.05) is 23.9 Å². The molecule has 3 rings (SSSR count). The molecule has 0 aliphatic carbocycles. The Morgan fingerprint density at radius 3 is 2.81 bits per heavy atom. The molecule has 106 valence electrons. The van der Waals surface area contributed by atoms with Gasteiger partial charge in [0.25, 0.3) is 0 Å². The largest absolute Gasteiger partial charge is 0.340 e. The molecule has 2 heterocycles. The highest BCUT2D eigenvalue weighted by Gasteiger charge is 2.06. The van der Waals surface area contributed by atoms with Crippen LogP contribution in [0.5, 0.6) is 0 Å². The number of nitrogen functional groups attached to an aromatic ring is 1. The maximum Gasteiger partial charge on any atom is 0.191 e. The SMILES string of the molecule is CSc1nc(NN)cc(Nc2cccc3cnccc23)n1. The first-order chi connectivity index (χ1) is 10.3. The van der Waals surface area contributed by atoms with Crippen LogP contribution in [0.4, 0.5) is 17.3 Å². The number of rotatable bonds is 4. The van der Waals surface area contributed by atoms with Gasteiger partial charge in [-0.2, -0.15) is 0 Å². The predicted octanol–water partition coefficient (Wildman–Crippen LogP) is 2.78. The van der Waals surface area contributed by atoms with E-state index in [0.717, 1.165) is 16.5 Å². The number of fused-ring (bicyclic) bond motifs is 1. The van der Waals surface area contributed by atoms with Crippen molar-refractivity contribution in [2.75, 3.05) is 17.0 Å². The van der Waals surface area contributed by atoms with E-state index in [9.17, 15) is 0 Å². The Morgan fingerprint density at radius 1 is 1.14 bits per heavy atom. The van der Waals surface area contributed by atoms with Crippen molar-refractivity contribution in [3.63, 3.8) is 0 Å². The molecule has 4 N–H and O–H groups in total. The normalized spacial score (nSPS) is 10.6. The summed E-state index contributed by atoms with van der Waals surface area (Å²) in [4.78, 5) is 12.8. The Bertz CT molecular complexity index is 749. The quantitative estimate of drug-likeness (QED) is 0.295. The van der Waals surface area contributed by atoms with Crippen molar-refractivity contribution in [3.05, 3.63) is 42.7 Å². The van der Waals surface area contributed by atoms with Gasteiger partial charge >= 0.3 is 0 Å². The van der Waals surface area contributed by atoms with Crippen molar-refractivity contribution in [1.29, 1.82) is 0 Å². The van der Waals surface area contributed by atoms with Crippen LogP contribution in [0.1, 0.15) is 0 Å². The van der Waals surface area contributed by atoms with E-state index in [1.807, 2.05) is 36.7 Å². The third-order valence-corrected chi connectivity index (χ3v) is 3.53. The highest BCUT2D eigenvalue weighted by Crippen LogP contribution is 2.26. The van der Waals surface area contributed by atoms with Gasteiger partial charge in [-0.25, -0.2) is 15.8 Å². The molecule has 0 unspecified atom stereocenters. The van der Waals surface area contributed by atoms with Crippen LogP contribution >= 0.6 is 11.8 Å². The van der Waals surface area contributed by atoms with E-state index in [1.165, 1.54) is 11.8 Å². The van der Waals surface area contributed by atoms with E-state index in [0.29, 0.717) is 16.8 Å². The number of thioether (sulfide) groups is 1. The molecule has 0 atom stereocenters. The highest BCUT2D eigenvalue weighted by molar-refractivity contribution is 7.98. The summed E-state index contributed by atoms with van der Waals surface area (Å²) in [6, 6.07) is 9.73. The minimum absolute atomic E-state index is 0.568. The Balaban J connectivity index is 2.02. The molecule has 6 nitrogen and oxygen atoms in total. The van der Waals surface area contributed by atoms with Crippen LogP contribution in [-0.2, 0) is 0 Å². The van der Waals surface area contributed by atoms with Gasteiger partial charge in [-0.3, -0.25) is 4.98 Å². The average Bonchev–Trinajstić information content (AvgIpc) is 2.55. The molecule has 3 aromatic rings. The molecule has 0 radical (unpaired) electrons. The van der Waals surface area contributed by atoms with Crippen LogP contribution in [0, 0.1) is 0 Å². The molecule has 0 spiro atoms. The second-order valence-electron chi connectivity index (χ2n) is 4.30. The van der Waals surface area contributed by atoms with E-state index in [-0.39, 0.29) is 0 Å². The summed E-state index contributed by atoms with van der Waals surface area (Å²) in [6.45, 7) is 0. The number of aromatic nitrogens is 3. The fourth-order valence-electron chi connectivity index (χ4n) is 2.02. The maximum atomic E-state index is 5.44.